The minimum Gasteiger partial charge on any atom is -0.493 e. The highest BCUT2D eigenvalue weighted by Crippen LogP contribution is 2.36. The lowest BCUT2D eigenvalue weighted by Crippen LogP contribution is -2.27. The molecule has 1 rings (SSSR count). The Kier molecular flexibility index (Phi) is 6.36. The summed E-state index contributed by atoms with van der Waals surface area (Å²) in [5.41, 5.74) is 0. The van der Waals surface area contributed by atoms with Crippen molar-refractivity contribution in [1.82, 2.24) is 5.32 Å². The van der Waals surface area contributed by atoms with E-state index in [0.717, 1.165) is 13.0 Å². The fourth-order valence-corrected chi connectivity index (χ4v) is 1.75. The summed E-state index contributed by atoms with van der Waals surface area (Å²) in [4.78, 5) is 0. The number of ether oxygens (including phenoxy) is 3. The van der Waals surface area contributed by atoms with E-state index in [1.54, 1.807) is 14.2 Å². The zero-order valence-electron chi connectivity index (χ0n) is 11.7. The molecular weight excluding hydrogens is 230 g/mol. The van der Waals surface area contributed by atoms with Crippen LogP contribution in [0, 0.1) is 0 Å². The summed E-state index contributed by atoms with van der Waals surface area (Å²) in [5, 5.41) is 3.35. The summed E-state index contributed by atoms with van der Waals surface area (Å²) in [6.45, 7) is 5.84. The normalized spacial score (nSPS) is 12.0. The van der Waals surface area contributed by atoms with E-state index < -0.39 is 0 Å². The van der Waals surface area contributed by atoms with Gasteiger partial charge >= 0.3 is 0 Å². The molecule has 1 aromatic carbocycles. The molecule has 102 valence electrons. The lowest BCUT2D eigenvalue weighted by atomic mass is 10.2. The fraction of sp³-hybridized carbons (Fsp3) is 0.571. The van der Waals surface area contributed by atoms with Crippen LogP contribution in [0.5, 0.6) is 17.2 Å². The Balaban J connectivity index is 2.60. The van der Waals surface area contributed by atoms with Crippen molar-refractivity contribution < 1.29 is 14.2 Å². The Labute approximate surface area is 109 Å². The number of hydrogen-bond donors (Lipinski definition) is 1. The predicted octanol–water partition coefficient (Wildman–Crippen LogP) is 2.47. The maximum atomic E-state index is 5.78. The third-order valence-electron chi connectivity index (χ3n) is 2.73. The average molecular weight is 253 g/mol. The van der Waals surface area contributed by atoms with Crippen LogP contribution in [0.3, 0.4) is 0 Å². The van der Waals surface area contributed by atoms with Gasteiger partial charge in [-0.1, -0.05) is 13.0 Å². The van der Waals surface area contributed by atoms with Gasteiger partial charge in [0.15, 0.2) is 11.5 Å². The molecule has 4 heteroatoms. The monoisotopic (exact) mass is 253 g/mol. The Bertz CT molecular complexity index is 333. The first kappa shape index (κ1) is 14.6. The van der Waals surface area contributed by atoms with Crippen LogP contribution < -0.4 is 19.5 Å². The molecule has 0 radical (unpaired) electrons. The lowest BCUT2D eigenvalue weighted by molar-refractivity contribution is 0.259. The second kappa shape index (κ2) is 7.82. The van der Waals surface area contributed by atoms with Crippen LogP contribution >= 0.6 is 0 Å². The summed E-state index contributed by atoms with van der Waals surface area (Å²) < 4.78 is 16.3. The van der Waals surface area contributed by atoms with Crippen molar-refractivity contribution in [3.05, 3.63) is 18.2 Å². The Morgan fingerprint density at radius 1 is 1.17 bits per heavy atom. The molecule has 0 saturated carbocycles. The van der Waals surface area contributed by atoms with Gasteiger partial charge in [0.05, 0.1) is 20.8 Å². The molecule has 0 amide bonds. The topological polar surface area (TPSA) is 39.7 Å². The van der Waals surface area contributed by atoms with E-state index in [1.807, 2.05) is 18.2 Å². The maximum Gasteiger partial charge on any atom is 0.203 e. The van der Waals surface area contributed by atoms with Crippen molar-refractivity contribution in [3.8, 4) is 17.2 Å². The number of para-hydroxylation sites is 1. The van der Waals surface area contributed by atoms with Crippen molar-refractivity contribution in [1.29, 1.82) is 0 Å². The van der Waals surface area contributed by atoms with E-state index in [0.29, 0.717) is 29.9 Å². The van der Waals surface area contributed by atoms with Gasteiger partial charge in [-0.3, -0.25) is 0 Å². The second-order valence-electron chi connectivity index (χ2n) is 4.09. The van der Waals surface area contributed by atoms with Crippen LogP contribution in [0.15, 0.2) is 18.2 Å². The Morgan fingerprint density at radius 3 is 2.28 bits per heavy atom. The lowest BCUT2D eigenvalue weighted by Gasteiger charge is -2.16. The van der Waals surface area contributed by atoms with Crippen LogP contribution in [-0.4, -0.2) is 33.4 Å². The van der Waals surface area contributed by atoms with Crippen LogP contribution in [-0.2, 0) is 0 Å². The number of benzene rings is 1. The third kappa shape index (κ3) is 4.11. The molecule has 0 spiro atoms. The SMILES string of the molecule is CCNC(C)CCOc1c(OC)cccc1OC. The molecule has 0 bridgehead atoms. The molecular formula is C14H23NO3. The van der Waals surface area contributed by atoms with Crippen molar-refractivity contribution in [2.45, 2.75) is 26.3 Å². The Hall–Kier alpha value is -1.42. The molecule has 0 aliphatic heterocycles. The summed E-state index contributed by atoms with van der Waals surface area (Å²) in [5.74, 6) is 2.07. The van der Waals surface area contributed by atoms with E-state index >= 15 is 0 Å². The minimum absolute atomic E-state index is 0.440. The molecule has 1 aromatic rings. The first-order valence-electron chi connectivity index (χ1n) is 6.30. The van der Waals surface area contributed by atoms with Crippen LogP contribution in [0.4, 0.5) is 0 Å². The molecule has 0 saturated heterocycles. The van der Waals surface area contributed by atoms with Gasteiger partial charge in [0, 0.05) is 6.04 Å². The molecule has 1 atom stereocenters. The van der Waals surface area contributed by atoms with Crippen LogP contribution in [0.25, 0.3) is 0 Å². The second-order valence-corrected chi connectivity index (χ2v) is 4.09. The summed E-state index contributed by atoms with van der Waals surface area (Å²) >= 11 is 0. The summed E-state index contributed by atoms with van der Waals surface area (Å²) in [7, 11) is 3.26. The van der Waals surface area contributed by atoms with Crippen LogP contribution in [0.2, 0.25) is 0 Å². The van der Waals surface area contributed by atoms with Gasteiger partial charge in [-0.25, -0.2) is 0 Å². The van der Waals surface area contributed by atoms with Gasteiger partial charge in [0.1, 0.15) is 0 Å². The van der Waals surface area contributed by atoms with Gasteiger partial charge in [0.25, 0.3) is 0 Å². The van der Waals surface area contributed by atoms with Crippen molar-refractivity contribution in [2.24, 2.45) is 0 Å². The van der Waals surface area contributed by atoms with Crippen molar-refractivity contribution in [3.63, 3.8) is 0 Å². The quantitative estimate of drug-likeness (QED) is 0.772. The molecule has 0 fully saturated rings. The summed E-state index contributed by atoms with van der Waals surface area (Å²) in [6, 6.07) is 6.05. The van der Waals surface area contributed by atoms with E-state index in [1.165, 1.54) is 0 Å². The molecule has 0 heterocycles. The van der Waals surface area contributed by atoms with Gasteiger partial charge in [0.2, 0.25) is 5.75 Å². The third-order valence-corrected chi connectivity index (χ3v) is 2.73. The Morgan fingerprint density at radius 2 is 1.78 bits per heavy atom. The smallest absolute Gasteiger partial charge is 0.203 e. The highest BCUT2D eigenvalue weighted by atomic mass is 16.5. The molecule has 18 heavy (non-hydrogen) atoms. The minimum atomic E-state index is 0.440. The van der Waals surface area contributed by atoms with Gasteiger partial charge in [-0.05, 0) is 32.0 Å². The van der Waals surface area contributed by atoms with Crippen LogP contribution in [0.1, 0.15) is 20.3 Å². The number of methoxy groups -OCH3 is 2. The first-order chi connectivity index (χ1) is 8.72. The molecule has 0 aliphatic carbocycles. The molecule has 4 nitrogen and oxygen atoms in total. The largest absolute Gasteiger partial charge is 0.493 e. The predicted molar refractivity (Wildman–Crippen MR) is 72.8 cm³/mol. The van der Waals surface area contributed by atoms with E-state index in [9.17, 15) is 0 Å². The molecule has 1 N–H and O–H groups in total. The first-order valence-corrected chi connectivity index (χ1v) is 6.30. The molecule has 0 aromatic heterocycles. The highest BCUT2D eigenvalue weighted by molar-refractivity contribution is 5.51. The van der Waals surface area contributed by atoms with Crippen molar-refractivity contribution >= 4 is 0 Å². The summed E-state index contributed by atoms with van der Waals surface area (Å²) in [6.07, 6.45) is 0.940. The highest BCUT2D eigenvalue weighted by Gasteiger charge is 2.11. The van der Waals surface area contributed by atoms with Gasteiger partial charge in [-0.15, -0.1) is 0 Å². The number of rotatable bonds is 8. The zero-order chi connectivity index (χ0) is 13.4. The molecule has 0 aliphatic rings. The average Bonchev–Trinajstić information content (AvgIpc) is 2.39. The van der Waals surface area contributed by atoms with Crippen molar-refractivity contribution in [2.75, 3.05) is 27.4 Å². The standard InChI is InChI=1S/C14H23NO3/c1-5-15-11(2)9-10-18-14-12(16-3)7-6-8-13(14)17-4/h6-8,11,15H,5,9-10H2,1-4H3. The number of nitrogens with one attached hydrogen (secondary N) is 1. The zero-order valence-corrected chi connectivity index (χ0v) is 11.7. The van der Waals surface area contributed by atoms with E-state index in [-0.39, 0.29) is 0 Å². The maximum absolute atomic E-state index is 5.78. The van der Waals surface area contributed by atoms with Gasteiger partial charge in [-0.2, -0.15) is 0 Å². The molecule has 1 unspecified atom stereocenters. The van der Waals surface area contributed by atoms with Gasteiger partial charge < -0.3 is 19.5 Å². The fourth-order valence-electron chi connectivity index (χ4n) is 1.75. The van der Waals surface area contributed by atoms with E-state index in [4.69, 9.17) is 14.2 Å². The number of hydrogen-bond acceptors (Lipinski definition) is 4. The van der Waals surface area contributed by atoms with E-state index in [2.05, 4.69) is 19.2 Å².